The molecule has 2 aromatic rings. The molecule has 1 heterocycles. The fraction of sp³-hybridized carbons (Fsp3) is 0.125. The van der Waals surface area contributed by atoms with Crippen LogP contribution >= 0.6 is 0 Å². The first-order valence-corrected chi connectivity index (χ1v) is 5.27. The molecule has 0 radical (unpaired) electrons. The molecule has 0 fully saturated rings. The first kappa shape index (κ1) is 9.14. The number of aromatic nitrogens is 2. The highest BCUT2D eigenvalue weighted by Crippen LogP contribution is 2.23. The van der Waals surface area contributed by atoms with E-state index >= 15 is 0 Å². The molecule has 0 atom stereocenters. The van der Waals surface area contributed by atoms with Crippen molar-refractivity contribution in [2.24, 2.45) is 0 Å². The lowest BCUT2D eigenvalue weighted by Crippen LogP contribution is -1.92. The minimum absolute atomic E-state index is 0.146. The van der Waals surface area contributed by atoms with E-state index < -0.39 is 10.2 Å². The number of hydrogen-bond acceptors (Lipinski definition) is 3. The highest BCUT2D eigenvalue weighted by molar-refractivity contribution is 7.86. The quantitative estimate of drug-likeness (QED) is 0.732. The van der Waals surface area contributed by atoms with E-state index in [1.165, 1.54) is 12.1 Å². The van der Waals surface area contributed by atoms with Crippen LogP contribution in [0.15, 0.2) is 23.1 Å². The molecule has 0 bridgehead atoms. The second-order valence-electron chi connectivity index (χ2n) is 2.94. The SMILES string of the molecule is Cc1[nH]nc2c(S(=O)(=O)F)cccc12. The highest BCUT2D eigenvalue weighted by atomic mass is 32.3. The molecule has 0 unspecified atom stereocenters. The lowest BCUT2D eigenvalue weighted by molar-refractivity contribution is 0.553. The van der Waals surface area contributed by atoms with Gasteiger partial charge in [-0.3, -0.25) is 5.10 Å². The molecule has 2 rings (SSSR count). The molecule has 0 aliphatic heterocycles. The summed E-state index contributed by atoms with van der Waals surface area (Å²) in [4.78, 5) is -0.389. The van der Waals surface area contributed by atoms with E-state index in [4.69, 9.17) is 0 Å². The van der Waals surface area contributed by atoms with Gasteiger partial charge in [0, 0.05) is 11.1 Å². The Kier molecular flexibility index (Phi) is 1.81. The summed E-state index contributed by atoms with van der Waals surface area (Å²) in [5.41, 5.74) is 0.859. The lowest BCUT2D eigenvalue weighted by atomic mass is 10.2. The molecule has 6 heteroatoms. The van der Waals surface area contributed by atoms with Gasteiger partial charge in [0.15, 0.2) is 0 Å². The van der Waals surface area contributed by atoms with Crippen LogP contribution in [0, 0.1) is 6.92 Å². The number of aryl methyl sites for hydroxylation is 1. The van der Waals surface area contributed by atoms with E-state index in [9.17, 15) is 12.3 Å². The molecule has 4 nitrogen and oxygen atoms in total. The summed E-state index contributed by atoms with van der Waals surface area (Å²) in [5, 5.41) is 6.96. The van der Waals surface area contributed by atoms with Gasteiger partial charge in [0.25, 0.3) is 0 Å². The molecular formula is C8H7FN2O2S. The van der Waals surface area contributed by atoms with Crippen molar-refractivity contribution in [3.63, 3.8) is 0 Å². The third kappa shape index (κ3) is 1.27. The van der Waals surface area contributed by atoms with Crippen LogP contribution in [-0.4, -0.2) is 18.6 Å². The van der Waals surface area contributed by atoms with Crippen molar-refractivity contribution in [3.8, 4) is 0 Å². The van der Waals surface area contributed by atoms with Gasteiger partial charge in [-0.05, 0) is 13.0 Å². The van der Waals surface area contributed by atoms with Crippen LogP contribution < -0.4 is 0 Å². The molecule has 0 amide bonds. The fourth-order valence-electron chi connectivity index (χ4n) is 1.34. The Labute approximate surface area is 80.0 Å². The summed E-state index contributed by atoms with van der Waals surface area (Å²) in [6, 6.07) is 4.36. The molecule has 1 aromatic heterocycles. The smallest absolute Gasteiger partial charge is 0.282 e. The van der Waals surface area contributed by atoms with Gasteiger partial charge in [0.2, 0.25) is 0 Å². The summed E-state index contributed by atoms with van der Waals surface area (Å²) >= 11 is 0. The van der Waals surface area contributed by atoms with Crippen molar-refractivity contribution >= 4 is 21.1 Å². The number of nitrogens with one attached hydrogen (secondary N) is 1. The van der Waals surface area contributed by atoms with Gasteiger partial charge in [-0.1, -0.05) is 12.1 Å². The maximum atomic E-state index is 12.8. The molecule has 1 N–H and O–H groups in total. The van der Waals surface area contributed by atoms with Gasteiger partial charge in [-0.25, -0.2) is 0 Å². The Morgan fingerprint density at radius 3 is 2.79 bits per heavy atom. The zero-order valence-electron chi connectivity index (χ0n) is 7.28. The van der Waals surface area contributed by atoms with E-state index in [1.54, 1.807) is 13.0 Å². The highest BCUT2D eigenvalue weighted by Gasteiger charge is 2.18. The minimum atomic E-state index is -4.70. The Hall–Kier alpha value is -1.43. The Bertz CT molecular complexity index is 588. The third-order valence-corrected chi connectivity index (χ3v) is 2.86. The molecular weight excluding hydrogens is 207 g/mol. The second-order valence-corrected chi connectivity index (χ2v) is 4.25. The Balaban J connectivity index is 2.92. The molecule has 0 saturated heterocycles. The molecule has 0 spiro atoms. The molecule has 0 saturated carbocycles. The predicted octanol–water partition coefficient (Wildman–Crippen LogP) is 1.53. The summed E-state index contributed by atoms with van der Waals surface area (Å²) in [6.45, 7) is 1.74. The van der Waals surface area contributed by atoms with E-state index in [-0.39, 0.29) is 10.4 Å². The van der Waals surface area contributed by atoms with Gasteiger partial charge in [-0.15, -0.1) is 3.89 Å². The summed E-state index contributed by atoms with van der Waals surface area (Å²) < 4.78 is 34.2. The number of hydrogen-bond donors (Lipinski definition) is 1. The maximum Gasteiger partial charge on any atom is 0.334 e. The van der Waals surface area contributed by atoms with Crippen LogP contribution in [0.3, 0.4) is 0 Å². The van der Waals surface area contributed by atoms with Crippen LogP contribution in [0.4, 0.5) is 3.89 Å². The second kappa shape index (κ2) is 2.78. The number of rotatable bonds is 1. The predicted molar refractivity (Wildman–Crippen MR) is 49.1 cm³/mol. The van der Waals surface area contributed by atoms with Crippen LogP contribution in [0.1, 0.15) is 5.69 Å². The van der Waals surface area contributed by atoms with E-state index in [0.717, 1.165) is 0 Å². The first-order valence-electron chi connectivity index (χ1n) is 3.88. The standard InChI is InChI=1S/C8H7FN2O2S/c1-5-6-3-2-4-7(14(9,12)13)8(6)11-10-5/h2-4H,1H3,(H,10,11). The number of para-hydroxylation sites is 1. The number of fused-ring (bicyclic) bond motifs is 1. The average Bonchev–Trinajstić information content (AvgIpc) is 2.46. The number of benzene rings is 1. The van der Waals surface area contributed by atoms with E-state index in [0.29, 0.717) is 11.1 Å². The Morgan fingerprint density at radius 2 is 2.14 bits per heavy atom. The van der Waals surface area contributed by atoms with Crippen molar-refractivity contribution in [2.75, 3.05) is 0 Å². The largest absolute Gasteiger partial charge is 0.334 e. The number of H-pyrrole nitrogens is 1. The normalized spacial score (nSPS) is 12.1. The maximum absolute atomic E-state index is 12.8. The van der Waals surface area contributed by atoms with Crippen LogP contribution in [0.2, 0.25) is 0 Å². The van der Waals surface area contributed by atoms with Crippen molar-refractivity contribution in [2.45, 2.75) is 11.8 Å². The third-order valence-electron chi connectivity index (χ3n) is 2.00. The minimum Gasteiger partial charge on any atom is -0.282 e. The van der Waals surface area contributed by atoms with Crippen LogP contribution in [0.25, 0.3) is 10.9 Å². The van der Waals surface area contributed by atoms with Gasteiger partial charge in [-0.2, -0.15) is 13.5 Å². The van der Waals surface area contributed by atoms with Crippen LogP contribution in [-0.2, 0) is 10.2 Å². The van der Waals surface area contributed by atoms with Crippen molar-refractivity contribution in [1.29, 1.82) is 0 Å². The topological polar surface area (TPSA) is 62.8 Å². The monoisotopic (exact) mass is 214 g/mol. The van der Waals surface area contributed by atoms with Gasteiger partial charge < -0.3 is 0 Å². The van der Waals surface area contributed by atoms with Crippen molar-refractivity contribution in [1.82, 2.24) is 10.2 Å². The zero-order valence-corrected chi connectivity index (χ0v) is 8.10. The van der Waals surface area contributed by atoms with Gasteiger partial charge in [0.1, 0.15) is 10.4 Å². The fourth-order valence-corrected chi connectivity index (χ4v) is 1.96. The van der Waals surface area contributed by atoms with Crippen molar-refractivity contribution in [3.05, 3.63) is 23.9 Å². The first-order chi connectivity index (χ1) is 6.50. The lowest BCUT2D eigenvalue weighted by Gasteiger charge is -1.95. The summed E-state index contributed by atoms with van der Waals surface area (Å²) in [6.07, 6.45) is 0. The number of halogens is 1. The average molecular weight is 214 g/mol. The van der Waals surface area contributed by atoms with Crippen LogP contribution in [0.5, 0.6) is 0 Å². The number of nitrogens with zero attached hydrogens (tertiary/aromatic N) is 1. The van der Waals surface area contributed by atoms with E-state index in [2.05, 4.69) is 10.2 Å². The van der Waals surface area contributed by atoms with E-state index in [1.807, 2.05) is 0 Å². The summed E-state index contributed by atoms with van der Waals surface area (Å²) in [7, 11) is -4.70. The van der Waals surface area contributed by atoms with Gasteiger partial charge >= 0.3 is 10.2 Å². The molecule has 74 valence electrons. The van der Waals surface area contributed by atoms with Gasteiger partial charge in [0.05, 0.1) is 0 Å². The Morgan fingerprint density at radius 1 is 1.43 bits per heavy atom. The molecule has 0 aliphatic carbocycles. The summed E-state index contributed by atoms with van der Waals surface area (Å²) in [5.74, 6) is 0. The van der Waals surface area contributed by atoms with Crippen molar-refractivity contribution < 1.29 is 12.3 Å². The molecule has 0 aliphatic rings. The number of aromatic amines is 1. The zero-order chi connectivity index (χ0) is 10.3. The molecule has 1 aromatic carbocycles. The molecule has 14 heavy (non-hydrogen) atoms.